The van der Waals surface area contributed by atoms with Crippen LogP contribution in [-0.2, 0) is 11.4 Å². The number of hydroxylamine groups is 1. The molecule has 0 bridgehead atoms. The van der Waals surface area contributed by atoms with Crippen molar-refractivity contribution in [2.24, 2.45) is 0 Å². The third kappa shape index (κ3) is 3.22. The number of furan rings is 1. The molecule has 96 valence electrons. The number of hydrogen-bond acceptors (Lipinski definition) is 3. The molecule has 1 heterocycles. The van der Waals surface area contributed by atoms with Gasteiger partial charge in [0.25, 0.3) is 0 Å². The molecule has 0 saturated carbocycles. The van der Waals surface area contributed by atoms with Crippen molar-refractivity contribution in [1.82, 2.24) is 5.48 Å². The zero-order chi connectivity index (χ0) is 13.0. The van der Waals surface area contributed by atoms with E-state index < -0.39 is 0 Å². The lowest BCUT2D eigenvalue weighted by Gasteiger charge is -2.13. The van der Waals surface area contributed by atoms with Gasteiger partial charge in [0.1, 0.15) is 11.5 Å². The molecule has 0 amide bonds. The van der Waals surface area contributed by atoms with Gasteiger partial charge in [-0.2, -0.15) is 5.48 Å². The van der Waals surface area contributed by atoms with Crippen LogP contribution >= 0.6 is 0 Å². The minimum Gasteiger partial charge on any atom is -0.466 e. The van der Waals surface area contributed by atoms with Gasteiger partial charge in [-0.3, -0.25) is 4.84 Å². The van der Waals surface area contributed by atoms with E-state index in [1.165, 1.54) is 0 Å². The van der Waals surface area contributed by atoms with Gasteiger partial charge in [-0.25, -0.2) is 0 Å². The maximum atomic E-state index is 5.51. The quantitative estimate of drug-likeness (QED) is 0.816. The summed E-state index contributed by atoms with van der Waals surface area (Å²) in [6.45, 7) is 6.54. The van der Waals surface area contributed by atoms with Crippen LogP contribution in [-0.4, -0.2) is 0 Å². The standard InChI is InChI=1S/C15H19NO2/c1-11-9-15(13(3)18-11)12(2)16-17-10-14-7-5-4-6-8-14/h4-9,12,16H,10H2,1-3H3. The van der Waals surface area contributed by atoms with Gasteiger partial charge < -0.3 is 4.42 Å². The van der Waals surface area contributed by atoms with Crippen molar-refractivity contribution in [2.45, 2.75) is 33.4 Å². The van der Waals surface area contributed by atoms with E-state index in [0.717, 1.165) is 22.6 Å². The lowest BCUT2D eigenvalue weighted by atomic mass is 10.1. The predicted molar refractivity (Wildman–Crippen MR) is 71.0 cm³/mol. The lowest BCUT2D eigenvalue weighted by Crippen LogP contribution is -2.19. The van der Waals surface area contributed by atoms with Gasteiger partial charge in [0.05, 0.1) is 12.6 Å². The second kappa shape index (κ2) is 5.85. The molecule has 0 saturated heterocycles. The predicted octanol–water partition coefficient (Wildman–Crippen LogP) is 3.68. The molecule has 0 radical (unpaired) electrons. The summed E-state index contributed by atoms with van der Waals surface area (Å²) in [5.41, 5.74) is 5.33. The Morgan fingerprint density at radius 2 is 1.94 bits per heavy atom. The molecule has 0 aliphatic carbocycles. The molecule has 1 aromatic heterocycles. The number of benzene rings is 1. The Hall–Kier alpha value is -1.58. The second-order valence-corrected chi connectivity index (χ2v) is 4.48. The Labute approximate surface area is 108 Å². The number of rotatable bonds is 5. The zero-order valence-corrected chi connectivity index (χ0v) is 11.1. The lowest BCUT2D eigenvalue weighted by molar-refractivity contribution is 0.00670. The molecular formula is C15H19NO2. The van der Waals surface area contributed by atoms with E-state index in [1.807, 2.05) is 50.2 Å². The third-order valence-corrected chi connectivity index (χ3v) is 2.89. The average molecular weight is 245 g/mol. The summed E-state index contributed by atoms with van der Waals surface area (Å²) in [6, 6.07) is 12.2. The van der Waals surface area contributed by atoms with Crippen LogP contribution in [0.25, 0.3) is 0 Å². The van der Waals surface area contributed by atoms with Gasteiger partial charge in [0, 0.05) is 5.56 Å². The first-order valence-corrected chi connectivity index (χ1v) is 6.15. The van der Waals surface area contributed by atoms with E-state index >= 15 is 0 Å². The molecule has 1 unspecified atom stereocenters. The molecule has 1 atom stereocenters. The SMILES string of the molecule is Cc1cc(C(C)NOCc2ccccc2)c(C)o1. The molecule has 18 heavy (non-hydrogen) atoms. The number of aryl methyl sites for hydroxylation is 2. The molecule has 0 spiro atoms. The van der Waals surface area contributed by atoms with E-state index in [4.69, 9.17) is 9.25 Å². The Kier molecular flexibility index (Phi) is 4.18. The highest BCUT2D eigenvalue weighted by atomic mass is 16.6. The maximum absolute atomic E-state index is 5.51. The monoisotopic (exact) mass is 245 g/mol. The molecule has 0 fully saturated rings. The fourth-order valence-electron chi connectivity index (χ4n) is 1.97. The van der Waals surface area contributed by atoms with Crippen LogP contribution in [0.5, 0.6) is 0 Å². The molecule has 2 rings (SSSR count). The van der Waals surface area contributed by atoms with Crippen LogP contribution in [0, 0.1) is 13.8 Å². The Morgan fingerprint density at radius 1 is 1.22 bits per heavy atom. The van der Waals surface area contributed by atoms with Crippen LogP contribution in [0.15, 0.2) is 40.8 Å². The highest BCUT2D eigenvalue weighted by molar-refractivity contribution is 5.23. The first kappa shape index (κ1) is 12.9. The number of nitrogens with one attached hydrogen (secondary N) is 1. The van der Waals surface area contributed by atoms with E-state index in [9.17, 15) is 0 Å². The van der Waals surface area contributed by atoms with Gasteiger partial charge in [0.15, 0.2) is 0 Å². The summed E-state index contributed by atoms with van der Waals surface area (Å²) in [5, 5.41) is 0. The molecule has 1 N–H and O–H groups in total. The molecular weight excluding hydrogens is 226 g/mol. The summed E-state index contributed by atoms with van der Waals surface area (Å²) in [5.74, 6) is 1.87. The summed E-state index contributed by atoms with van der Waals surface area (Å²) in [6.07, 6.45) is 0. The van der Waals surface area contributed by atoms with Gasteiger partial charge in [0.2, 0.25) is 0 Å². The van der Waals surface area contributed by atoms with Gasteiger partial charge >= 0.3 is 0 Å². The molecule has 0 aliphatic rings. The summed E-state index contributed by atoms with van der Waals surface area (Å²) < 4.78 is 5.50. The van der Waals surface area contributed by atoms with E-state index in [0.29, 0.717) is 6.61 Å². The molecule has 3 heteroatoms. The van der Waals surface area contributed by atoms with E-state index in [2.05, 4.69) is 12.4 Å². The minimum atomic E-state index is 0.117. The molecule has 0 aliphatic heterocycles. The van der Waals surface area contributed by atoms with Gasteiger partial charge in [-0.1, -0.05) is 30.3 Å². The minimum absolute atomic E-state index is 0.117. The normalized spacial score (nSPS) is 12.6. The molecule has 1 aromatic carbocycles. The van der Waals surface area contributed by atoms with Crippen molar-refractivity contribution in [2.75, 3.05) is 0 Å². The Morgan fingerprint density at radius 3 is 2.56 bits per heavy atom. The second-order valence-electron chi connectivity index (χ2n) is 4.48. The molecule has 3 nitrogen and oxygen atoms in total. The van der Waals surface area contributed by atoms with E-state index in [1.54, 1.807) is 0 Å². The summed E-state index contributed by atoms with van der Waals surface area (Å²) >= 11 is 0. The van der Waals surface area contributed by atoms with Crippen molar-refractivity contribution in [3.63, 3.8) is 0 Å². The van der Waals surface area contributed by atoms with Crippen molar-refractivity contribution >= 4 is 0 Å². The van der Waals surface area contributed by atoms with Crippen molar-refractivity contribution in [3.05, 3.63) is 59.0 Å². The topological polar surface area (TPSA) is 34.4 Å². The highest BCUT2D eigenvalue weighted by Gasteiger charge is 2.12. The fraction of sp³-hybridized carbons (Fsp3) is 0.333. The third-order valence-electron chi connectivity index (χ3n) is 2.89. The van der Waals surface area contributed by atoms with Crippen LogP contribution in [0.3, 0.4) is 0 Å². The largest absolute Gasteiger partial charge is 0.466 e. The van der Waals surface area contributed by atoms with Crippen LogP contribution < -0.4 is 5.48 Å². The summed E-state index contributed by atoms with van der Waals surface area (Å²) in [7, 11) is 0. The zero-order valence-electron chi connectivity index (χ0n) is 11.1. The Bertz CT molecular complexity index is 490. The van der Waals surface area contributed by atoms with Gasteiger partial charge in [-0.05, 0) is 32.4 Å². The smallest absolute Gasteiger partial charge is 0.105 e. The highest BCUT2D eigenvalue weighted by Crippen LogP contribution is 2.21. The van der Waals surface area contributed by atoms with E-state index in [-0.39, 0.29) is 6.04 Å². The maximum Gasteiger partial charge on any atom is 0.105 e. The summed E-state index contributed by atoms with van der Waals surface area (Å²) in [4.78, 5) is 5.51. The first-order valence-electron chi connectivity index (χ1n) is 6.15. The van der Waals surface area contributed by atoms with Crippen molar-refractivity contribution in [1.29, 1.82) is 0 Å². The van der Waals surface area contributed by atoms with Crippen LogP contribution in [0.2, 0.25) is 0 Å². The average Bonchev–Trinajstić information content (AvgIpc) is 2.70. The fourth-order valence-corrected chi connectivity index (χ4v) is 1.97. The van der Waals surface area contributed by atoms with Gasteiger partial charge in [-0.15, -0.1) is 0 Å². The van der Waals surface area contributed by atoms with Crippen molar-refractivity contribution < 1.29 is 9.25 Å². The van der Waals surface area contributed by atoms with Crippen LogP contribution in [0.4, 0.5) is 0 Å². The first-order chi connectivity index (χ1) is 8.66. The Balaban J connectivity index is 1.85. The number of hydrogen-bond donors (Lipinski definition) is 1. The van der Waals surface area contributed by atoms with Crippen molar-refractivity contribution in [3.8, 4) is 0 Å². The van der Waals surface area contributed by atoms with Crippen LogP contribution in [0.1, 0.15) is 35.6 Å². The molecule has 2 aromatic rings.